The van der Waals surface area contributed by atoms with Crippen molar-refractivity contribution in [2.75, 3.05) is 13.6 Å². The Morgan fingerprint density at radius 3 is 2.64 bits per heavy atom. The lowest BCUT2D eigenvalue weighted by Gasteiger charge is -2.40. The molecule has 0 radical (unpaired) electrons. The third kappa shape index (κ3) is 5.30. The lowest BCUT2D eigenvalue weighted by molar-refractivity contribution is -0.124. The molecule has 0 aromatic rings. The van der Waals surface area contributed by atoms with Crippen molar-refractivity contribution in [3.8, 4) is 0 Å². The van der Waals surface area contributed by atoms with Gasteiger partial charge in [0, 0.05) is 22.6 Å². The second kappa shape index (κ2) is 9.37. The van der Waals surface area contributed by atoms with Crippen molar-refractivity contribution in [2.45, 2.75) is 73.6 Å². The summed E-state index contributed by atoms with van der Waals surface area (Å²) in [5, 5.41) is 7.82. The quantitative estimate of drug-likeness (QED) is 0.409. The summed E-state index contributed by atoms with van der Waals surface area (Å²) in [7, 11) is 5.81. The second-order valence-electron chi connectivity index (χ2n) is 6.41. The van der Waals surface area contributed by atoms with Crippen LogP contribution in [0, 0.1) is 0 Å². The van der Waals surface area contributed by atoms with E-state index in [9.17, 15) is 4.79 Å². The smallest absolute Gasteiger partial charge is 0.237 e. The van der Waals surface area contributed by atoms with Gasteiger partial charge in [0.15, 0.2) is 0 Å². The zero-order valence-corrected chi connectivity index (χ0v) is 15.1. The Labute approximate surface area is 141 Å². The van der Waals surface area contributed by atoms with Gasteiger partial charge in [-0.3, -0.25) is 4.79 Å². The normalized spacial score (nSPS) is 33.0. The molecule has 7 heteroatoms. The maximum absolute atomic E-state index is 12.4. The van der Waals surface area contributed by atoms with Gasteiger partial charge in [-0.15, -0.1) is 0 Å². The molecular formula is C15H30N4OS2. The standard InChI is InChI=1S/C15H30N4OS2/c1-18-12(4-2-3-7-16)15(20)19-11-5-6-13-14(22-21-13)9-10(17)8-11/h10-14,18H,2-9,16-17H2,1H3,(H,19,20)/t10?,11?,12-,13?,14?/m0/s1. The predicted octanol–water partition coefficient (Wildman–Crippen LogP) is 1.22. The second-order valence-corrected chi connectivity index (χ2v) is 9.16. The molecule has 2 rings (SSSR count). The minimum atomic E-state index is -0.116. The van der Waals surface area contributed by atoms with Crippen LogP contribution in [0.4, 0.5) is 0 Å². The molecule has 4 unspecified atom stereocenters. The van der Waals surface area contributed by atoms with Crippen molar-refractivity contribution in [1.29, 1.82) is 0 Å². The molecule has 1 saturated carbocycles. The van der Waals surface area contributed by atoms with E-state index < -0.39 is 0 Å². The Kier molecular flexibility index (Phi) is 7.83. The van der Waals surface area contributed by atoms with Gasteiger partial charge in [-0.25, -0.2) is 0 Å². The Morgan fingerprint density at radius 1 is 1.23 bits per heavy atom. The monoisotopic (exact) mass is 346 g/mol. The van der Waals surface area contributed by atoms with E-state index in [-0.39, 0.29) is 24.0 Å². The van der Waals surface area contributed by atoms with E-state index in [1.807, 2.05) is 28.6 Å². The number of rotatable bonds is 7. The van der Waals surface area contributed by atoms with E-state index in [0.717, 1.165) is 49.0 Å². The van der Waals surface area contributed by atoms with Gasteiger partial charge in [0.05, 0.1) is 6.04 Å². The fourth-order valence-electron chi connectivity index (χ4n) is 3.21. The summed E-state index contributed by atoms with van der Waals surface area (Å²) in [5.41, 5.74) is 11.8. The van der Waals surface area contributed by atoms with Crippen LogP contribution in [0.25, 0.3) is 0 Å². The summed E-state index contributed by atoms with van der Waals surface area (Å²) >= 11 is 0. The van der Waals surface area contributed by atoms with Crippen LogP contribution in [0.1, 0.15) is 44.9 Å². The predicted molar refractivity (Wildman–Crippen MR) is 96.9 cm³/mol. The van der Waals surface area contributed by atoms with Gasteiger partial charge in [-0.2, -0.15) is 0 Å². The van der Waals surface area contributed by atoms with Crippen LogP contribution in [0.15, 0.2) is 0 Å². The molecule has 22 heavy (non-hydrogen) atoms. The third-order valence-electron chi connectivity index (χ3n) is 4.60. The van der Waals surface area contributed by atoms with Crippen LogP contribution in [0.5, 0.6) is 0 Å². The third-order valence-corrected chi connectivity index (χ3v) is 8.28. The molecule has 6 N–H and O–H groups in total. The highest BCUT2D eigenvalue weighted by atomic mass is 33.1. The molecule has 1 saturated heterocycles. The molecule has 2 fully saturated rings. The van der Waals surface area contributed by atoms with E-state index in [4.69, 9.17) is 11.5 Å². The summed E-state index contributed by atoms with van der Waals surface area (Å²) in [4.78, 5) is 12.4. The number of carbonyl (C=O) groups excluding carboxylic acids is 1. The van der Waals surface area contributed by atoms with Gasteiger partial charge in [-0.1, -0.05) is 28.0 Å². The topological polar surface area (TPSA) is 93.2 Å². The van der Waals surface area contributed by atoms with Crippen molar-refractivity contribution < 1.29 is 4.79 Å². The van der Waals surface area contributed by atoms with Crippen LogP contribution < -0.4 is 22.1 Å². The molecule has 0 aromatic heterocycles. The van der Waals surface area contributed by atoms with Crippen LogP contribution in [-0.4, -0.2) is 48.1 Å². The molecule has 1 heterocycles. The first-order valence-corrected chi connectivity index (χ1v) is 10.7. The van der Waals surface area contributed by atoms with Crippen molar-refractivity contribution >= 4 is 27.5 Å². The SMILES string of the molecule is CN[C@@H](CCCCN)C(=O)NC1CCC2SSC2CC(N)C1. The zero-order chi connectivity index (χ0) is 15.9. The molecule has 0 bridgehead atoms. The van der Waals surface area contributed by atoms with Crippen molar-refractivity contribution in [3.05, 3.63) is 0 Å². The van der Waals surface area contributed by atoms with Gasteiger partial charge < -0.3 is 22.1 Å². The fraction of sp³-hybridized carbons (Fsp3) is 0.933. The van der Waals surface area contributed by atoms with E-state index in [2.05, 4.69) is 10.6 Å². The molecule has 1 aliphatic heterocycles. The van der Waals surface area contributed by atoms with E-state index in [1.54, 1.807) is 0 Å². The Bertz CT molecular complexity index is 358. The number of carbonyl (C=O) groups is 1. The summed E-state index contributed by atoms with van der Waals surface area (Å²) in [6.45, 7) is 0.688. The van der Waals surface area contributed by atoms with Crippen molar-refractivity contribution in [2.24, 2.45) is 11.5 Å². The van der Waals surface area contributed by atoms with Crippen molar-refractivity contribution in [3.63, 3.8) is 0 Å². The van der Waals surface area contributed by atoms with Gasteiger partial charge >= 0.3 is 0 Å². The first-order valence-electron chi connectivity index (χ1n) is 8.39. The number of nitrogens with two attached hydrogens (primary N) is 2. The van der Waals surface area contributed by atoms with Crippen LogP contribution in [0.3, 0.4) is 0 Å². The molecule has 5 nitrogen and oxygen atoms in total. The number of fused-ring (bicyclic) bond motifs is 1. The number of hydrogen-bond acceptors (Lipinski definition) is 6. The largest absolute Gasteiger partial charge is 0.352 e. The maximum atomic E-state index is 12.4. The average Bonchev–Trinajstić information content (AvgIpc) is 2.47. The summed E-state index contributed by atoms with van der Waals surface area (Å²) in [6, 6.07) is 0.311. The van der Waals surface area contributed by atoms with Gasteiger partial charge in [-0.05, 0) is 52.1 Å². The molecule has 0 aromatic carbocycles. The number of unbranched alkanes of at least 4 members (excludes halogenated alkanes) is 1. The summed E-state index contributed by atoms with van der Waals surface area (Å²) in [6.07, 6.45) is 7.02. The van der Waals surface area contributed by atoms with Gasteiger partial charge in [0.2, 0.25) is 5.91 Å². The minimum Gasteiger partial charge on any atom is -0.352 e. The summed E-state index contributed by atoms with van der Waals surface area (Å²) < 4.78 is 0. The molecular weight excluding hydrogens is 316 g/mol. The zero-order valence-electron chi connectivity index (χ0n) is 13.4. The van der Waals surface area contributed by atoms with Crippen LogP contribution in [-0.2, 0) is 4.79 Å². The van der Waals surface area contributed by atoms with Gasteiger partial charge in [0.1, 0.15) is 0 Å². The van der Waals surface area contributed by atoms with Crippen LogP contribution >= 0.6 is 21.6 Å². The van der Waals surface area contributed by atoms with Gasteiger partial charge in [0.25, 0.3) is 0 Å². The highest BCUT2D eigenvalue weighted by Gasteiger charge is 2.37. The first-order chi connectivity index (χ1) is 10.6. The number of nitrogens with one attached hydrogen (secondary N) is 2. The molecule has 0 spiro atoms. The Hall–Kier alpha value is 0.0500. The minimum absolute atomic E-state index is 0.115. The Balaban J connectivity index is 1.80. The van der Waals surface area contributed by atoms with E-state index in [1.165, 1.54) is 6.42 Å². The fourth-order valence-corrected chi connectivity index (χ4v) is 6.24. The van der Waals surface area contributed by atoms with Crippen molar-refractivity contribution in [1.82, 2.24) is 10.6 Å². The lowest BCUT2D eigenvalue weighted by atomic mass is 9.92. The van der Waals surface area contributed by atoms with Crippen LogP contribution in [0.2, 0.25) is 0 Å². The Morgan fingerprint density at radius 2 is 2.00 bits per heavy atom. The molecule has 5 atom stereocenters. The highest BCUT2D eigenvalue weighted by Crippen LogP contribution is 2.52. The summed E-state index contributed by atoms with van der Waals surface area (Å²) in [5.74, 6) is 0.115. The molecule has 1 amide bonds. The average molecular weight is 347 g/mol. The first kappa shape index (κ1) is 18.4. The molecule has 2 aliphatic rings. The maximum Gasteiger partial charge on any atom is 0.237 e. The molecule has 1 aliphatic carbocycles. The van der Waals surface area contributed by atoms with E-state index >= 15 is 0 Å². The number of likely N-dealkylation sites (N-methyl/N-ethyl adjacent to an activating group) is 1. The lowest BCUT2D eigenvalue weighted by Crippen LogP contribution is -2.50. The highest BCUT2D eigenvalue weighted by molar-refractivity contribution is 8.80. The number of amides is 1. The molecule has 128 valence electrons. The van der Waals surface area contributed by atoms with E-state index in [0.29, 0.717) is 6.54 Å². The number of hydrogen-bond donors (Lipinski definition) is 4.